The standard InChI is InChI=1S/C19H24N4O/c1-3-15-6-8-16(9-7-15)18(23-10-4-5-11-23)13-21-19-17(12-20)22-14(2)24-19/h6-9,18,21H,3-5,10-11,13H2,1-2H3/t18-/m0/s1. The molecule has 2 aromatic rings. The number of aryl methyl sites for hydroxylation is 2. The summed E-state index contributed by atoms with van der Waals surface area (Å²) in [6, 6.07) is 11.2. The number of likely N-dealkylation sites (tertiary alicyclic amines) is 1. The van der Waals surface area contributed by atoms with E-state index in [0.29, 0.717) is 24.0 Å². The second kappa shape index (κ2) is 7.50. The zero-order chi connectivity index (χ0) is 16.9. The van der Waals surface area contributed by atoms with E-state index in [9.17, 15) is 0 Å². The molecule has 1 aliphatic heterocycles. The Hall–Kier alpha value is -2.32. The van der Waals surface area contributed by atoms with Gasteiger partial charge in [0, 0.05) is 13.5 Å². The van der Waals surface area contributed by atoms with Crippen molar-refractivity contribution in [2.75, 3.05) is 25.0 Å². The van der Waals surface area contributed by atoms with Crippen LogP contribution in [0.2, 0.25) is 0 Å². The Kier molecular flexibility index (Phi) is 5.17. The zero-order valence-corrected chi connectivity index (χ0v) is 14.4. The van der Waals surface area contributed by atoms with Crippen LogP contribution < -0.4 is 5.32 Å². The molecule has 1 N–H and O–H groups in total. The number of oxazole rings is 1. The molecule has 126 valence electrons. The van der Waals surface area contributed by atoms with Crippen molar-refractivity contribution in [2.24, 2.45) is 0 Å². The van der Waals surface area contributed by atoms with Crippen LogP contribution in [0.3, 0.4) is 0 Å². The summed E-state index contributed by atoms with van der Waals surface area (Å²) in [4.78, 5) is 6.60. The van der Waals surface area contributed by atoms with Crippen molar-refractivity contribution in [2.45, 2.75) is 39.2 Å². The summed E-state index contributed by atoms with van der Waals surface area (Å²) in [6.07, 6.45) is 3.54. The number of nitrogens with zero attached hydrogens (tertiary/aromatic N) is 3. The highest BCUT2D eigenvalue weighted by Gasteiger charge is 2.24. The van der Waals surface area contributed by atoms with E-state index in [-0.39, 0.29) is 6.04 Å². The van der Waals surface area contributed by atoms with Gasteiger partial charge in [0.2, 0.25) is 11.6 Å². The normalized spacial score (nSPS) is 16.0. The monoisotopic (exact) mass is 324 g/mol. The highest BCUT2D eigenvalue weighted by atomic mass is 16.4. The topological polar surface area (TPSA) is 65.1 Å². The van der Waals surface area contributed by atoms with Crippen LogP contribution >= 0.6 is 0 Å². The molecule has 1 saturated heterocycles. The Morgan fingerprint density at radius 1 is 1.29 bits per heavy atom. The number of nitriles is 1. The van der Waals surface area contributed by atoms with Gasteiger partial charge in [0.25, 0.3) is 0 Å². The third-order valence-electron chi connectivity index (χ3n) is 4.65. The number of nitrogens with one attached hydrogen (secondary N) is 1. The van der Waals surface area contributed by atoms with Crippen molar-refractivity contribution in [3.05, 3.63) is 47.0 Å². The molecule has 0 spiro atoms. The molecule has 1 fully saturated rings. The lowest BCUT2D eigenvalue weighted by Crippen LogP contribution is -2.31. The summed E-state index contributed by atoms with van der Waals surface area (Å²) >= 11 is 0. The van der Waals surface area contributed by atoms with Crippen LogP contribution in [0.25, 0.3) is 0 Å². The predicted octanol–water partition coefficient (Wildman–Crippen LogP) is 3.67. The summed E-state index contributed by atoms with van der Waals surface area (Å²) in [7, 11) is 0. The van der Waals surface area contributed by atoms with E-state index in [2.05, 4.69) is 52.5 Å². The fourth-order valence-electron chi connectivity index (χ4n) is 3.30. The second-order valence-corrected chi connectivity index (χ2v) is 6.26. The first kappa shape index (κ1) is 16.5. The van der Waals surface area contributed by atoms with E-state index >= 15 is 0 Å². The Bertz CT molecular complexity index is 708. The number of anilines is 1. The van der Waals surface area contributed by atoms with E-state index in [1.54, 1.807) is 6.92 Å². The lowest BCUT2D eigenvalue weighted by Gasteiger charge is -2.28. The molecule has 1 aromatic heterocycles. The zero-order valence-electron chi connectivity index (χ0n) is 14.4. The molecule has 5 nitrogen and oxygen atoms in total. The lowest BCUT2D eigenvalue weighted by molar-refractivity contribution is 0.255. The number of hydrogen-bond acceptors (Lipinski definition) is 5. The van der Waals surface area contributed by atoms with E-state index < -0.39 is 0 Å². The minimum atomic E-state index is 0.273. The Morgan fingerprint density at radius 3 is 2.62 bits per heavy atom. The first-order valence-corrected chi connectivity index (χ1v) is 8.65. The van der Waals surface area contributed by atoms with Crippen molar-refractivity contribution >= 4 is 5.88 Å². The van der Waals surface area contributed by atoms with Crippen LogP contribution in [0.15, 0.2) is 28.7 Å². The van der Waals surface area contributed by atoms with Crippen LogP contribution in [0.1, 0.15) is 48.5 Å². The van der Waals surface area contributed by atoms with Crippen molar-refractivity contribution in [1.29, 1.82) is 5.26 Å². The molecule has 0 amide bonds. The maximum Gasteiger partial charge on any atom is 0.232 e. The minimum Gasteiger partial charge on any atom is -0.424 e. The Balaban J connectivity index is 1.78. The molecular formula is C19H24N4O. The molecule has 5 heteroatoms. The SMILES string of the molecule is CCc1ccc([C@H](CNc2oc(C)nc2C#N)N2CCCC2)cc1. The van der Waals surface area contributed by atoms with Crippen molar-refractivity contribution in [3.8, 4) is 6.07 Å². The van der Waals surface area contributed by atoms with Gasteiger partial charge in [-0.3, -0.25) is 4.90 Å². The molecule has 0 aliphatic carbocycles. The predicted molar refractivity (Wildman–Crippen MR) is 93.8 cm³/mol. The van der Waals surface area contributed by atoms with Crippen molar-refractivity contribution in [1.82, 2.24) is 9.88 Å². The van der Waals surface area contributed by atoms with Gasteiger partial charge in [0.05, 0.1) is 6.04 Å². The molecule has 3 rings (SSSR count). The van der Waals surface area contributed by atoms with Crippen molar-refractivity contribution < 1.29 is 4.42 Å². The fourth-order valence-corrected chi connectivity index (χ4v) is 3.30. The smallest absolute Gasteiger partial charge is 0.232 e. The fraction of sp³-hybridized carbons (Fsp3) is 0.474. The van der Waals surface area contributed by atoms with Gasteiger partial charge in [-0.25, -0.2) is 4.98 Å². The third-order valence-corrected chi connectivity index (χ3v) is 4.65. The molecule has 0 bridgehead atoms. The first-order valence-electron chi connectivity index (χ1n) is 8.65. The summed E-state index contributed by atoms with van der Waals surface area (Å²) in [5.74, 6) is 0.989. The quantitative estimate of drug-likeness (QED) is 0.878. The number of aromatic nitrogens is 1. The molecule has 1 aliphatic rings. The van der Waals surface area contributed by atoms with Crippen LogP contribution in [0.4, 0.5) is 5.88 Å². The highest BCUT2D eigenvalue weighted by molar-refractivity contribution is 5.45. The third kappa shape index (κ3) is 3.60. The van der Waals surface area contributed by atoms with E-state index in [1.807, 2.05) is 0 Å². The molecular weight excluding hydrogens is 300 g/mol. The number of hydrogen-bond donors (Lipinski definition) is 1. The molecule has 1 atom stereocenters. The summed E-state index contributed by atoms with van der Waals surface area (Å²) in [6.45, 7) is 6.86. The second-order valence-electron chi connectivity index (χ2n) is 6.26. The minimum absolute atomic E-state index is 0.273. The van der Waals surface area contributed by atoms with Gasteiger partial charge in [0.1, 0.15) is 6.07 Å². The van der Waals surface area contributed by atoms with Gasteiger partial charge in [-0.1, -0.05) is 31.2 Å². The van der Waals surface area contributed by atoms with Crippen LogP contribution in [0, 0.1) is 18.3 Å². The highest BCUT2D eigenvalue weighted by Crippen LogP contribution is 2.27. The largest absolute Gasteiger partial charge is 0.424 e. The number of benzene rings is 1. The van der Waals surface area contributed by atoms with E-state index in [4.69, 9.17) is 9.68 Å². The molecule has 24 heavy (non-hydrogen) atoms. The molecule has 2 heterocycles. The van der Waals surface area contributed by atoms with Gasteiger partial charge >= 0.3 is 0 Å². The first-order chi connectivity index (χ1) is 11.7. The Morgan fingerprint density at radius 2 is 2.00 bits per heavy atom. The van der Waals surface area contributed by atoms with E-state index in [1.165, 1.54) is 24.0 Å². The van der Waals surface area contributed by atoms with Gasteiger partial charge in [-0.15, -0.1) is 0 Å². The molecule has 1 aromatic carbocycles. The van der Waals surface area contributed by atoms with Crippen molar-refractivity contribution in [3.63, 3.8) is 0 Å². The van der Waals surface area contributed by atoms with Gasteiger partial charge in [0.15, 0.2) is 5.89 Å². The Labute approximate surface area is 143 Å². The van der Waals surface area contributed by atoms with Crippen LogP contribution in [0.5, 0.6) is 0 Å². The van der Waals surface area contributed by atoms with Gasteiger partial charge < -0.3 is 9.73 Å². The maximum atomic E-state index is 9.16. The summed E-state index contributed by atoms with van der Waals surface area (Å²) in [5, 5.41) is 12.5. The van der Waals surface area contributed by atoms with Gasteiger partial charge in [-0.05, 0) is 43.5 Å². The molecule has 0 unspecified atom stereocenters. The van der Waals surface area contributed by atoms with Crippen LogP contribution in [-0.4, -0.2) is 29.5 Å². The lowest BCUT2D eigenvalue weighted by atomic mass is 10.0. The summed E-state index contributed by atoms with van der Waals surface area (Å²) < 4.78 is 5.53. The maximum absolute atomic E-state index is 9.16. The van der Waals surface area contributed by atoms with E-state index in [0.717, 1.165) is 19.5 Å². The summed E-state index contributed by atoms with van der Waals surface area (Å²) in [5.41, 5.74) is 2.98. The molecule has 0 radical (unpaired) electrons. The van der Waals surface area contributed by atoms with Crippen LogP contribution in [-0.2, 0) is 6.42 Å². The van der Waals surface area contributed by atoms with Gasteiger partial charge in [-0.2, -0.15) is 5.26 Å². The average molecular weight is 324 g/mol. The molecule has 0 saturated carbocycles. The average Bonchev–Trinajstić information content (AvgIpc) is 3.25. The number of rotatable bonds is 6.